The molecule has 1 unspecified atom stereocenters. The van der Waals surface area contributed by atoms with Crippen LogP contribution in [0.5, 0.6) is 0 Å². The fourth-order valence-electron chi connectivity index (χ4n) is 4.27. The average molecular weight is 356 g/mol. The predicted molar refractivity (Wildman–Crippen MR) is 103 cm³/mol. The third-order valence-electron chi connectivity index (χ3n) is 5.55. The summed E-state index contributed by atoms with van der Waals surface area (Å²) in [5.74, 6) is -0.301. The quantitative estimate of drug-likeness (QED) is 0.651. The van der Waals surface area contributed by atoms with E-state index in [4.69, 9.17) is 9.84 Å². The summed E-state index contributed by atoms with van der Waals surface area (Å²) in [5, 5.41) is 4.85. The number of hydrogen-bond donors (Lipinski definition) is 0. The average Bonchev–Trinajstić information content (AvgIpc) is 3.22. The lowest BCUT2D eigenvalue weighted by molar-refractivity contribution is -0.136. The topological polar surface area (TPSA) is 44.1 Å². The summed E-state index contributed by atoms with van der Waals surface area (Å²) in [6, 6.07) is 18.6. The Morgan fingerprint density at radius 3 is 2.52 bits per heavy atom. The summed E-state index contributed by atoms with van der Waals surface area (Å²) in [6.07, 6.45) is 0.703. The highest BCUT2D eigenvalue weighted by atomic mass is 16.5. The summed E-state index contributed by atoms with van der Waals surface area (Å²) in [5.41, 5.74) is 8.50. The number of nitrogens with zero attached hydrogens (tertiary/aromatic N) is 2. The van der Waals surface area contributed by atoms with Crippen molar-refractivity contribution in [3.8, 4) is 5.69 Å². The molecule has 1 aliphatic heterocycles. The fourth-order valence-corrected chi connectivity index (χ4v) is 4.27. The number of cyclic esters (lactones) is 1. The van der Waals surface area contributed by atoms with Crippen LogP contribution < -0.4 is 0 Å². The largest absolute Gasteiger partial charge is 0.458 e. The van der Waals surface area contributed by atoms with Crippen LogP contribution >= 0.6 is 0 Å². The summed E-state index contributed by atoms with van der Waals surface area (Å²) < 4.78 is 7.44. The van der Waals surface area contributed by atoms with Crippen molar-refractivity contribution >= 4 is 5.97 Å². The molecule has 0 radical (unpaired) electrons. The lowest BCUT2D eigenvalue weighted by Crippen LogP contribution is -2.19. The monoisotopic (exact) mass is 356 g/mol. The van der Waals surface area contributed by atoms with E-state index in [9.17, 15) is 4.79 Å². The van der Waals surface area contributed by atoms with Gasteiger partial charge in [0.25, 0.3) is 0 Å². The molecule has 2 heterocycles. The fraction of sp³-hybridized carbons (Fsp3) is 0.217. The summed E-state index contributed by atoms with van der Waals surface area (Å²) in [6.45, 7) is 4.49. The second kappa shape index (κ2) is 5.95. The van der Waals surface area contributed by atoms with Crippen molar-refractivity contribution in [3.05, 3.63) is 93.8 Å². The highest BCUT2D eigenvalue weighted by molar-refractivity contribution is 5.95. The molecule has 4 heteroatoms. The Bertz CT molecular complexity index is 1080. The normalized spacial score (nSPS) is 18.3. The van der Waals surface area contributed by atoms with E-state index in [1.54, 1.807) is 0 Å². The van der Waals surface area contributed by atoms with Gasteiger partial charge in [-0.25, -0.2) is 9.48 Å². The van der Waals surface area contributed by atoms with Crippen LogP contribution in [-0.2, 0) is 16.0 Å². The zero-order chi connectivity index (χ0) is 18.5. The molecule has 1 aliphatic carbocycles. The lowest BCUT2D eigenvalue weighted by Gasteiger charge is -2.25. The van der Waals surface area contributed by atoms with Crippen molar-refractivity contribution in [2.45, 2.75) is 26.2 Å². The second-order valence-electron chi connectivity index (χ2n) is 7.31. The summed E-state index contributed by atoms with van der Waals surface area (Å²) in [4.78, 5) is 12.5. The number of carbonyl (C=O) groups excluding carboxylic acids is 1. The first kappa shape index (κ1) is 16.1. The molecule has 4 nitrogen and oxygen atoms in total. The van der Waals surface area contributed by atoms with E-state index in [0.29, 0.717) is 13.0 Å². The highest BCUT2D eigenvalue weighted by Gasteiger charge is 2.41. The Balaban J connectivity index is 1.75. The minimum absolute atomic E-state index is 0.114. The van der Waals surface area contributed by atoms with E-state index >= 15 is 0 Å². The maximum absolute atomic E-state index is 12.5. The molecule has 0 saturated carbocycles. The number of aryl methyl sites for hydroxylation is 2. The van der Waals surface area contributed by atoms with Crippen LogP contribution in [0.25, 0.3) is 5.69 Å². The van der Waals surface area contributed by atoms with Crippen LogP contribution in [-0.4, -0.2) is 22.4 Å². The molecule has 1 atom stereocenters. The van der Waals surface area contributed by atoms with Gasteiger partial charge in [0, 0.05) is 17.9 Å². The number of hydrogen-bond acceptors (Lipinski definition) is 3. The molecule has 1 aromatic heterocycles. The molecule has 0 fully saturated rings. The van der Waals surface area contributed by atoms with Gasteiger partial charge in [0.05, 0.1) is 22.6 Å². The third-order valence-corrected chi connectivity index (χ3v) is 5.55. The van der Waals surface area contributed by atoms with E-state index in [1.807, 2.05) is 29.8 Å². The molecular weight excluding hydrogens is 336 g/mol. The number of rotatable bonds is 2. The van der Waals surface area contributed by atoms with Crippen molar-refractivity contribution in [1.29, 1.82) is 0 Å². The number of fused-ring (bicyclic) bond motifs is 1. The molecule has 27 heavy (non-hydrogen) atoms. The standard InChI is InChI=1S/C23H20N2O2/c1-14-8-10-16(11-9-14)21-20-15(2)24-25(18-6-4-3-5-7-18)19(20)12-17-13-27-23(26)22(17)21/h3-11,21H,12-13H2,1-2H3. The Kier molecular flexibility index (Phi) is 3.54. The number of aromatic nitrogens is 2. The number of esters is 1. The Morgan fingerprint density at radius 2 is 1.78 bits per heavy atom. The Morgan fingerprint density at radius 1 is 1.04 bits per heavy atom. The first-order valence-electron chi connectivity index (χ1n) is 9.23. The molecular formula is C23H20N2O2. The van der Waals surface area contributed by atoms with Gasteiger partial charge in [0.1, 0.15) is 6.61 Å². The van der Waals surface area contributed by atoms with Gasteiger partial charge in [-0.1, -0.05) is 48.0 Å². The van der Waals surface area contributed by atoms with Crippen LogP contribution in [0, 0.1) is 13.8 Å². The number of para-hydroxylation sites is 1. The number of ether oxygens (including phenoxy) is 1. The van der Waals surface area contributed by atoms with Crippen LogP contribution in [0.3, 0.4) is 0 Å². The van der Waals surface area contributed by atoms with Gasteiger partial charge in [-0.2, -0.15) is 5.10 Å². The smallest absolute Gasteiger partial charge is 0.335 e. The first-order chi connectivity index (χ1) is 13.1. The van der Waals surface area contributed by atoms with Crippen LogP contribution in [0.4, 0.5) is 0 Å². The molecule has 0 bridgehead atoms. The SMILES string of the molecule is Cc1ccc(C2C3=C(COC3=O)Cc3c2c(C)nn3-c2ccccc2)cc1. The van der Waals surface area contributed by atoms with Gasteiger partial charge in [-0.3, -0.25) is 0 Å². The van der Waals surface area contributed by atoms with Gasteiger partial charge < -0.3 is 4.74 Å². The number of benzene rings is 2. The van der Waals surface area contributed by atoms with E-state index in [1.165, 1.54) is 5.56 Å². The highest BCUT2D eigenvalue weighted by Crippen LogP contribution is 2.45. The van der Waals surface area contributed by atoms with E-state index in [0.717, 1.165) is 39.3 Å². The predicted octanol–water partition coefficient (Wildman–Crippen LogP) is 4.03. The first-order valence-corrected chi connectivity index (χ1v) is 9.23. The van der Waals surface area contributed by atoms with E-state index < -0.39 is 0 Å². The van der Waals surface area contributed by atoms with E-state index in [-0.39, 0.29) is 11.9 Å². The molecule has 0 N–H and O–H groups in total. The summed E-state index contributed by atoms with van der Waals surface area (Å²) in [7, 11) is 0. The molecule has 2 aromatic carbocycles. The lowest BCUT2D eigenvalue weighted by atomic mass is 9.77. The molecule has 0 spiro atoms. The minimum Gasteiger partial charge on any atom is -0.458 e. The van der Waals surface area contributed by atoms with Crippen LogP contribution in [0.2, 0.25) is 0 Å². The summed E-state index contributed by atoms with van der Waals surface area (Å²) >= 11 is 0. The zero-order valence-electron chi connectivity index (χ0n) is 15.4. The van der Waals surface area contributed by atoms with Crippen molar-refractivity contribution in [2.75, 3.05) is 6.61 Å². The van der Waals surface area contributed by atoms with Gasteiger partial charge in [-0.05, 0) is 37.1 Å². The zero-order valence-corrected chi connectivity index (χ0v) is 15.4. The third kappa shape index (κ3) is 2.44. The van der Waals surface area contributed by atoms with Crippen molar-refractivity contribution in [2.24, 2.45) is 0 Å². The van der Waals surface area contributed by atoms with E-state index in [2.05, 4.69) is 43.3 Å². The van der Waals surface area contributed by atoms with Gasteiger partial charge in [-0.15, -0.1) is 0 Å². The molecule has 0 amide bonds. The second-order valence-corrected chi connectivity index (χ2v) is 7.31. The molecule has 5 rings (SSSR count). The molecule has 0 saturated heterocycles. The van der Waals surface area contributed by atoms with Crippen molar-refractivity contribution < 1.29 is 9.53 Å². The van der Waals surface area contributed by atoms with Crippen molar-refractivity contribution in [3.63, 3.8) is 0 Å². The van der Waals surface area contributed by atoms with Crippen LogP contribution in [0.15, 0.2) is 65.7 Å². The minimum atomic E-state index is -0.187. The molecule has 2 aliphatic rings. The Hall–Kier alpha value is -3.14. The maximum Gasteiger partial charge on any atom is 0.335 e. The maximum atomic E-state index is 12.5. The van der Waals surface area contributed by atoms with Gasteiger partial charge >= 0.3 is 5.97 Å². The molecule has 3 aromatic rings. The van der Waals surface area contributed by atoms with Gasteiger partial charge in [0.2, 0.25) is 0 Å². The Labute approximate surface area is 158 Å². The van der Waals surface area contributed by atoms with Crippen LogP contribution in [0.1, 0.15) is 34.0 Å². The number of carbonyl (C=O) groups is 1. The van der Waals surface area contributed by atoms with Crippen molar-refractivity contribution in [1.82, 2.24) is 9.78 Å². The van der Waals surface area contributed by atoms with Gasteiger partial charge in [0.15, 0.2) is 0 Å². The molecule has 134 valence electrons.